The second-order valence-corrected chi connectivity index (χ2v) is 7.54. The highest BCUT2D eigenvalue weighted by molar-refractivity contribution is 7.89. The molecule has 0 aliphatic carbocycles. The molecule has 1 atom stereocenters. The highest BCUT2D eigenvalue weighted by Crippen LogP contribution is 2.29. The minimum absolute atomic E-state index is 0.0604. The number of esters is 1. The molecule has 130 valence electrons. The first-order valence-electron chi connectivity index (χ1n) is 7.45. The van der Waals surface area contributed by atoms with Crippen molar-refractivity contribution in [1.82, 2.24) is 0 Å². The van der Waals surface area contributed by atoms with Gasteiger partial charge in [0.05, 0.1) is 10.5 Å². The number of nitrogens with two attached hydrogens (primary N) is 1. The van der Waals surface area contributed by atoms with Crippen LogP contribution in [0.4, 0.5) is 5.69 Å². The van der Waals surface area contributed by atoms with Crippen LogP contribution in [0.25, 0.3) is 0 Å². The van der Waals surface area contributed by atoms with E-state index in [-0.39, 0.29) is 11.3 Å². The van der Waals surface area contributed by atoms with Gasteiger partial charge in [-0.25, -0.2) is 18.4 Å². The largest absolute Gasteiger partial charge is 0.445 e. The predicted molar refractivity (Wildman–Crippen MR) is 90.4 cm³/mol. The number of hydrogen-bond donors (Lipinski definition) is 2. The molecule has 0 bridgehead atoms. The zero-order valence-electron chi connectivity index (χ0n) is 13.4. The smallest absolute Gasteiger partial charge is 0.339 e. The van der Waals surface area contributed by atoms with Crippen molar-refractivity contribution in [2.75, 3.05) is 5.32 Å². The van der Waals surface area contributed by atoms with E-state index in [0.29, 0.717) is 11.3 Å². The molecule has 1 amide bonds. The van der Waals surface area contributed by atoms with Crippen molar-refractivity contribution in [3.05, 3.63) is 59.7 Å². The summed E-state index contributed by atoms with van der Waals surface area (Å²) in [6.45, 7) is 1.54. The zero-order valence-corrected chi connectivity index (χ0v) is 14.2. The molecule has 1 heterocycles. The molecule has 8 heteroatoms. The van der Waals surface area contributed by atoms with Crippen LogP contribution in [-0.4, -0.2) is 25.9 Å². The van der Waals surface area contributed by atoms with Crippen molar-refractivity contribution in [3.63, 3.8) is 0 Å². The Labute approximate surface area is 144 Å². The quantitative estimate of drug-likeness (QED) is 0.804. The van der Waals surface area contributed by atoms with Gasteiger partial charge in [-0.15, -0.1) is 0 Å². The molecule has 1 aliphatic heterocycles. The molecular weight excluding hydrogens is 344 g/mol. The van der Waals surface area contributed by atoms with E-state index in [2.05, 4.69) is 5.32 Å². The summed E-state index contributed by atoms with van der Waals surface area (Å²) < 4.78 is 27.8. The fourth-order valence-corrected chi connectivity index (χ4v) is 3.17. The van der Waals surface area contributed by atoms with Gasteiger partial charge in [0.2, 0.25) is 10.0 Å². The van der Waals surface area contributed by atoms with Crippen molar-refractivity contribution in [1.29, 1.82) is 0 Å². The third-order valence-electron chi connectivity index (χ3n) is 4.00. The van der Waals surface area contributed by atoms with E-state index in [1.54, 1.807) is 24.3 Å². The second-order valence-electron chi connectivity index (χ2n) is 5.98. The minimum Gasteiger partial charge on any atom is -0.445 e. The number of anilines is 1. The third kappa shape index (κ3) is 3.40. The van der Waals surface area contributed by atoms with Crippen LogP contribution in [0.5, 0.6) is 0 Å². The van der Waals surface area contributed by atoms with Crippen LogP contribution in [0.2, 0.25) is 0 Å². The third-order valence-corrected chi connectivity index (χ3v) is 4.93. The lowest BCUT2D eigenvalue weighted by Crippen LogP contribution is -2.48. The highest BCUT2D eigenvalue weighted by Gasteiger charge is 2.42. The summed E-state index contributed by atoms with van der Waals surface area (Å²) in [5.74, 6) is -1.05. The number of nitrogens with one attached hydrogen (secondary N) is 1. The molecule has 7 nitrogen and oxygen atoms in total. The van der Waals surface area contributed by atoms with Crippen LogP contribution in [0, 0.1) is 0 Å². The van der Waals surface area contributed by atoms with Gasteiger partial charge in [-0.1, -0.05) is 18.2 Å². The van der Waals surface area contributed by atoms with Crippen molar-refractivity contribution in [2.45, 2.75) is 23.8 Å². The van der Waals surface area contributed by atoms with Crippen LogP contribution in [0.3, 0.4) is 0 Å². The molecule has 0 unspecified atom stereocenters. The lowest BCUT2D eigenvalue weighted by Gasteiger charge is -2.33. The topological polar surface area (TPSA) is 116 Å². The number of ether oxygens (including phenoxy) is 1. The average molecular weight is 360 g/mol. The highest BCUT2D eigenvalue weighted by atomic mass is 32.2. The number of hydrogen-bond acceptors (Lipinski definition) is 5. The van der Waals surface area contributed by atoms with Crippen LogP contribution < -0.4 is 10.5 Å². The number of carbonyl (C=O) groups is 2. The Morgan fingerprint density at radius 1 is 1.16 bits per heavy atom. The Hall–Kier alpha value is -2.71. The molecular formula is C17H16N2O5S. The number of amides is 1. The number of benzene rings is 2. The Kier molecular flexibility index (Phi) is 4.09. The summed E-state index contributed by atoms with van der Waals surface area (Å²) in [6, 6.07) is 12.4. The standard InChI is InChI=1S/C17H16N2O5S/c1-17(10-11-4-2-3-5-14(11)15(20)24-17)16(21)19-12-6-8-13(9-7-12)25(18,22)23/h2-9H,10H2,1H3,(H,19,21)(H2,18,22,23)/t17-/m0/s1. The summed E-state index contributed by atoms with van der Waals surface area (Å²) >= 11 is 0. The van der Waals surface area contributed by atoms with Crippen molar-refractivity contribution >= 4 is 27.6 Å². The maximum Gasteiger partial charge on any atom is 0.339 e. The molecule has 0 radical (unpaired) electrons. The molecule has 0 saturated heterocycles. The van der Waals surface area contributed by atoms with E-state index >= 15 is 0 Å². The van der Waals surface area contributed by atoms with Crippen LogP contribution in [0.1, 0.15) is 22.8 Å². The fourth-order valence-electron chi connectivity index (χ4n) is 2.65. The number of fused-ring (bicyclic) bond motifs is 1. The van der Waals surface area contributed by atoms with Gasteiger partial charge in [0.1, 0.15) is 0 Å². The van der Waals surface area contributed by atoms with Crippen molar-refractivity contribution in [3.8, 4) is 0 Å². The van der Waals surface area contributed by atoms with E-state index in [4.69, 9.17) is 9.88 Å². The van der Waals surface area contributed by atoms with Gasteiger partial charge in [0, 0.05) is 12.1 Å². The molecule has 2 aromatic rings. The van der Waals surface area contributed by atoms with Gasteiger partial charge >= 0.3 is 5.97 Å². The zero-order chi connectivity index (χ0) is 18.2. The van der Waals surface area contributed by atoms with E-state index < -0.39 is 27.5 Å². The summed E-state index contributed by atoms with van der Waals surface area (Å²) in [5.41, 5.74) is 0.198. The monoisotopic (exact) mass is 360 g/mol. The molecule has 0 fully saturated rings. The van der Waals surface area contributed by atoms with E-state index in [1.807, 2.05) is 0 Å². The van der Waals surface area contributed by atoms with E-state index in [1.165, 1.54) is 31.2 Å². The van der Waals surface area contributed by atoms with Gasteiger partial charge in [0.25, 0.3) is 5.91 Å². The molecule has 0 aromatic heterocycles. The molecule has 3 N–H and O–H groups in total. The maximum absolute atomic E-state index is 12.6. The van der Waals surface area contributed by atoms with Gasteiger partial charge < -0.3 is 10.1 Å². The Bertz CT molecular complexity index is 953. The normalized spacial score (nSPS) is 19.7. The second kappa shape index (κ2) is 5.98. The molecule has 1 aliphatic rings. The van der Waals surface area contributed by atoms with Crippen LogP contribution in [-0.2, 0) is 26.0 Å². The van der Waals surface area contributed by atoms with Crippen molar-refractivity contribution < 1.29 is 22.7 Å². The van der Waals surface area contributed by atoms with Gasteiger partial charge in [0.15, 0.2) is 5.60 Å². The SMILES string of the molecule is C[C@@]1(C(=O)Nc2ccc(S(N)(=O)=O)cc2)Cc2ccccc2C(=O)O1. The molecule has 0 saturated carbocycles. The van der Waals surface area contributed by atoms with Crippen molar-refractivity contribution in [2.24, 2.45) is 5.14 Å². The number of sulfonamides is 1. The minimum atomic E-state index is -3.80. The number of cyclic esters (lactones) is 1. The average Bonchev–Trinajstić information content (AvgIpc) is 2.54. The maximum atomic E-state index is 12.6. The van der Waals surface area contributed by atoms with Gasteiger partial charge in [-0.2, -0.15) is 0 Å². The lowest BCUT2D eigenvalue weighted by molar-refractivity contribution is -0.134. The Balaban J connectivity index is 1.81. The number of carbonyl (C=O) groups excluding carboxylic acids is 2. The number of rotatable bonds is 3. The van der Waals surface area contributed by atoms with Gasteiger partial charge in [-0.3, -0.25) is 4.79 Å². The first kappa shape index (κ1) is 17.1. The summed E-state index contributed by atoms with van der Waals surface area (Å²) in [7, 11) is -3.80. The molecule has 0 spiro atoms. The lowest BCUT2D eigenvalue weighted by atomic mass is 9.89. The molecule has 25 heavy (non-hydrogen) atoms. The first-order valence-corrected chi connectivity index (χ1v) is 8.99. The number of primary sulfonamides is 1. The van der Waals surface area contributed by atoms with Crippen LogP contribution in [0.15, 0.2) is 53.4 Å². The first-order chi connectivity index (χ1) is 11.7. The Morgan fingerprint density at radius 3 is 2.44 bits per heavy atom. The van der Waals surface area contributed by atoms with Gasteiger partial charge in [-0.05, 0) is 42.8 Å². The van der Waals surface area contributed by atoms with Crippen LogP contribution >= 0.6 is 0 Å². The van der Waals surface area contributed by atoms with E-state index in [0.717, 1.165) is 5.56 Å². The summed E-state index contributed by atoms with van der Waals surface area (Å²) in [6.07, 6.45) is 0.246. The molecule has 2 aromatic carbocycles. The summed E-state index contributed by atoms with van der Waals surface area (Å²) in [4.78, 5) is 24.7. The fraction of sp³-hybridized carbons (Fsp3) is 0.176. The summed E-state index contributed by atoms with van der Waals surface area (Å²) in [5, 5.41) is 7.66. The van der Waals surface area contributed by atoms with E-state index in [9.17, 15) is 18.0 Å². The molecule has 3 rings (SSSR count). The predicted octanol–water partition coefficient (Wildman–Crippen LogP) is 1.44. The Morgan fingerprint density at radius 2 is 1.80 bits per heavy atom.